The Balaban J connectivity index is 1.97. The second-order valence-electron chi connectivity index (χ2n) is 6.18. The van der Waals surface area contributed by atoms with Crippen molar-refractivity contribution in [3.8, 4) is 0 Å². The number of hydrogen-bond acceptors (Lipinski definition) is 0. The Morgan fingerprint density at radius 3 is 2.00 bits per heavy atom. The minimum absolute atomic E-state index is 0.689. The van der Waals surface area contributed by atoms with E-state index in [9.17, 15) is 0 Å². The zero-order valence-electron chi connectivity index (χ0n) is 12.1. The van der Waals surface area contributed by atoms with E-state index >= 15 is 0 Å². The molecule has 18 heavy (non-hydrogen) atoms. The monoisotopic (exact) mass is 244 g/mol. The smallest absolute Gasteiger partial charge is 0.0162 e. The molecule has 0 spiro atoms. The van der Waals surface area contributed by atoms with E-state index in [1.165, 1.54) is 51.4 Å². The standard InChI is InChI=1S/C18H28/c1-3-12-18(13-4-2)14-10-17(11-15-18)16-8-6-5-7-9-16/h5-9,17H,3-4,10-15H2,1-2H3. The molecule has 100 valence electrons. The van der Waals surface area contributed by atoms with Gasteiger partial charge in [0, 0.05) is 0 Å². The molecular weight excluding hydrogens is 216 g/mol. The molecule has 0 heteroatoms. The van der Waals surface area contributed by atoms with Gasteiger partial charge in [-0.25, -0.2) is 0 Å². The fourth-order valence-electron chi connectivity index (χ4n) is 3.97. The summed E-state index contributed by atoms with van der Waals surface area (Å²) in [5, 5.41) is 0. The molecule has 0 bridgehead atoms. The molecule has 0 saturated heterocycles. The lowest BCUT2D eigenvalue weighted by Crippen LogP contribution is -2.26. The maximum Gasteiger partial charge on any atom is -0.0162 e. The maximum absolute atomic E-state index is 2.35. The van der Waals surface area contributed by atoms with Gasteiger partial charge in [0.15, 0.2) is 0 Å². The van der Waals surface area contributed by atoms with E-state index in [1.54, 1.807) is 5.56 Å². The van der Waals surface area contributed by atoms with Crippen LogP contribution in [0.4, 0.5) is 0 Å². The van der Waals surface area contributed by atoms with Crippen molar-refractivity contribution in [2.45, 2.75) is 71.1 Å². The molecule has 1 aliphatic carbocycles. The second kappa shape index (κ2) is 6.41. The van der Waals surface area contributed by atoms with Crippen LogP contribution in [-0.2, 0) is 0 Å². The SMILES string of the molecule is CCCC1(CCC)CCC(c2ccccc2)CC1. The van der Waals surface area contributed by atoms with Gasteiger partial charge in [-0.2, -0.15) is 0 Å². The largest absolute Gasteiger partial charge is 0.0654 e. The summed E-state index contributed by atoms with van der Waals surface area (Å²) >= 11 is 0. The molecule has 1 aliphatic rings. The highest BCUT2D eigenvalue weighted by Crippen LogP contribution is 2.48. The first-order valence-electron chi connectivity index (χ1n) is 7.84. The average molecular weight is 244 g/mol. The second-order valence-corrected chi connectivity index (χ2v) is 6.18. The molecule has 0 atom stereocenters. The van der Waals surface area contributed by atoms with E-state index in [0.29, 0.717) is 5.41 Å². The van der Waals surface area contributed by atoms with Crippen molar-refractivity contribution in [2.75, 3.05) is 0 Å². The van der Waals surface area contributed by atoms with Gasteiger partial charge < -0.3 is 0 Å². The summed E-state index contributed by atoms with van der Waals surface area (Å²) in [4.78, 5) is 0. The average Bonchev–Trinajstić information content (AvgIpc) is 2.41. The number of benzene rings is 1. The Labute approximate surface area is 113 Å². The molecule has 0 nitrogen and oxygen atoms in total. The summed E-state index contributed by atoms with van der Waals surface area (Å²) in [5.41, 5.74) is 2.26. The van der Waals surface area contributed by atoms with Crippen molar-refractivity contribution in [1.82, 2.24) is 0 Å². The summed E-state index contributed by atoms with van der Waals surface area (Å²) in [7, 11) is 0. The molecule has 0 N–H and O–H groups in total. The van der Waals surface area contributed by atoms with Crippen LogP contribution < -0.4 is 0 Å². The van der Waals surface area contributed by atoms with Crippen LogP contribution in [0.5, 0.6) is 0 Å². The van der Waals surface area contributed by atoms with Gasteiger partial charge in [-0.1, -0.05) is 57.0 Å². The van der Waals surface area contributed by atoms with Gasteiger partial charge in [0.2, 0.25) is 0 Å². The van der Waals surface area contributed by atoms with Crippen LogP contribution in [0.3, 0.4) is 0 Å². The third-order valence-electron chi connectivity index (χ3n) is 4.88. The molecule has 0 amide bonds. The van der Waals surface area contributed by atoms with Crippen molar-refractivity contribution < 1.29 is 0 Å². The molecule has 0 aromatic heterocycles. The van der Waals surface area contributed by atoms with Crippen molar-refractivity contribution in [3.63, 3.8) is 0 Å². The van der Waals surface area contributed by atoms with Crippen LogP contribution in [0.15, 0.2) is 30.3 Å². The van der Waals surface area contributed by atoms with Gasteiger partial charge in [-0.15, -0.1) is 0 Å². The molecule has 0 heterocycles. The van der Waals surface area contributed by atoms with Crippen molar-refractivity contribution in [3.05, 3.63) is 35.9 Å². The predicted molar refractivity (Wildman–Crippen MR) is 79.9 cm³/mol. The van der Waals surface area contributed by atoms with E-state index in [-0.39, 0.29) is 0 Å². The van der Waals surface area contributed by atoms with Gasteiger partial charge >= 0.3 is 0 Å². The normalized spacial score (nSPS) is 19.9. The van der Waals surface area contributed by atoms with Gasteiger partial charge in [0.25, 0.3) is 0 Å². The number of rotatable bonds is 5. The molecule has 1 aromatic carbocycles. The van der Waals surface area contributed by atoms with Gasteiger partial charge in [0.05, 0.1) is 0 Å². The molecule has 1 fully saturated rings. The molecular formula is C18H28. The van der Waals surface area contributed by atoms with Crippen molar-refractivity contribution in [2.24, 2.45) is 5.41 Å². The van der Waals surface area contributed by atoms with Crippen LogP contribution in [0.2, 0.25) is 0 Å². The summed E-state index contributed by atoms with van der Waals surface area (Å²) in [6.45, 7) is 4.70. The van der Waals surface area contributed by atoms with Crippen LogP contribution in [0.1, 0.15) is 76.7 Å². The molecule has 1 aromatic rings. The van der Waals surface area contributed by atoms with E-state index in [0.717, 1.165) is 5.92 Å². The molecule has 0 radical (unpaired) electrons. The fraction of sp³-hybridized carbons (Fsp3) is 0.667. The van der Waals surface area contributed by atoms with Gasteiger partial charge in [0.1, 0.15) is 0 Å². The zero-order valence-corrected chi connectivity index (χ0v) is 12.1. The first-order chi connectivity index (χ1) is 8.79. The van der Waals surface area contributed by atoms with Crippen molar-refractivity contribution >= 4 is 0 Å². The van der Waals surface area contributed by atoms with E-state index < -0.39 is 0 Å². The third-order valence-corrected chi connectivity index (χ3v) is 4.88. The van der Waals surface area contributed by atoms with Gasteiger partial charge in [-0.05, 0) is 55.4 Å². The van der Waals surface area contributed by atoms with E-state index in [1.807, 2.05) is 0 Å². The molecule has 1 saturated carbocycles. The van der Waals surface area contributed by atoms with E-state index in [4.69, 9.17) is 0 Å². The van der Waals surface area contributed by atoms with Gasteiger partial charge in [-0.3, -0.25) is 0 Å². The first kappa shape index (κ1) is 13.6. The Morgan fingerprint density at radius 2 is 1.50 bits per heavy atom. The predicted octanol–water partition coefficient (Wildman–Crippen LogP) is 5.93. The highest BCUT2D eigenvalue weighted by molar-refractivity contribution is 5.20. The van der Waals surface area contributed by atoms with E-state index in [2.05, 4.69) is 44.2 Å². The highest BCUT2D eigenvalue weighted by atomic mass is 14.4. The number of hydrogen-bond donors (Lipinski definition) is 0. The summed E-state index contributed by atoms with van der Waals surface area (Å²) in [6.07, 6.45) is 11.3. The Hall–Kier alpha value is -0.780. The topological polar surface area (TPSA) is 0 Å². The van der Waals surface area contributed by atoms with Crippen LogP contribution >= 0.6 is 0 Å². The summed E-state index contributed by atoms with van der Waals surface area (Å²) < 4.78 is 0. The third kappa shape index (κ3) is 3.16. The lowest BCUT2D eigenvalue weighted by molar-refractivity contribution is 0.142. The van der Waals surface area contributed by atoms with Crippen molar-refractivity contribution in [1.29, 1.82) is 0 Å². The maximum atomic E-state index is 2.35. The first-order valence-corrected chi connectivity index (χ1v) is 7.84. The molecule has 0 aliphatic heterocycles. The van der Waals surface area contributed by atoms with Crippen LogP contribution in [-0.4, -0.2) is 0 Å². The minimum atomic E-state index is 0.689. The minimum Gasteiger partial charge on any atom is -0.0654 e. The summed E-state index contributed by atoms with van der Waals surface area (Å²) in [6, 6.07) is 11.1. The van der Waals surface area contributed by atoms with Crippen LogP contribution in [0.25, 0.3) is 0 Å². The molecule has 2 rings (SSSR count). The van der Waals surface area contributed by atoms with Crippen LogP contribution in [0, 0.1) is 5.41 Å². The zero-order chi connectivity index (χ0) is 12.8. The Kier molecular flexibility index (Phi) is 4.86. The molecule has 0 unspecified atom stereocenters. The summed E-state index contributed by atoms with van der Waals surface area (Å²) in [5.74, 6) is 0.827. The lowest BCUT2D eigenvalue weighted by Gasteiger charge is -2.40. The quantitative estimate of drug-likeness (QED) is 0.602. The lowest BCUT2D eigenvalue weighted by atomic mass is 9.65. The Morgan fingerprint density at radius 1 is 0.944 bits per heavy atom. The highest BCUT2D eigenvalue weighted by Gasteiger charge is 2.33. The fourth-order valence-corrected chi connectivity index (χ4v) is 3.97. The Bertz CT molecular complexity index is 322.